The topological polar surface area (TPSA) is 55.4 Å². The molecule has 0 spiro atoms. The number of hydrogen-bond acceptors (Lipinski definition) is 3. The van der Waals surface area contributed by atoms with E-state index in [1.165, 1.54) is 7.11 Å². The summed E-state index contributed by atoms with van der Waals surface area (Å²) >= 11 is 6.14. The van der Waals surface area contributed by atoms with Gasteiger partial charge in [0.15, 0.2) is 0 Å². The summed E-state index contributed by atoms with van der Waals surface area (Å²) in [6.07, 6.45) is 0. The van der Waals surface area contributed by atoms with Crippen molar-refractivity contribution >= 4 is 29.2 Å². The molecule has 0 saturated carbocycles. The number of carbonyl (C=O) groups is 2. The molecule has 0 bridgehead atoms. The van der Waals surface area contributed by atoms with Crippen molar-refractivity contribution in [3.8, 4) is 0 Å². The molecule has 0 aliphatic heterocycles. The molecule has 2 aromatic rings. The number of alkyl halides is 1. The Bertz CT molecular complexity index is 643. The molecule has 0 unspecified atom stereocenters. The van der Waals surface area contributed by atoms with E-state index in [0.717, 1.165) is 0 Å². The zero-order chi connectivity index (χ0) is 15.2. The Kier molecular flexibility index (Phi) is 4.95. The Morgan fingerprint density at radius 1 is 1.05 bits per heavy atom. The minimum Gasteiger partial charge on any atom is -0.465 e. The van der Waals surface area contributed by atoms with Crippen LogP contribution in [-0.4, -0.2) is 19.0 Å². The van der Waals surface area contributed by atoms with E-state index >= 15 is 0 Å². The molecule has 0 radical (unpaired) electrons. The van der Waals surface area contributed by atoms with Gasteiger partial charge in [-0.15, -0.1) is 11.6 Å². The third-order valence-electron chi connectivity index (χ3n) is 2.91. The molecule has 5 heteroatoms. The molecule has 0 heterocycles. The predicted molar refractivity (Wildman–Crippen MR) is 81.4 cm³/mol. The number of para-hydroxylation sites is 1. The van der Waals surface area contributed by atoms with Gasteiger partial charge in [-0.1, -0.05) is 42.5 Å². The van der Waals surface area contributed by atoms with Crippen LogP contribution >= 0.6 is 11.6 Å². The SMILES string of the molecule is COC(=O)c1ccccc1NC(=O)[C@H](Cl)c1ccccc1. The van der Waals surface area contributed by atoms with Crippen LogP contribution in [-0.2, 0) is 9.53 Å². The van der Waals surface area contributed by atoms with Crippen molar-refractivity contribution < 1.29 is 14.3 Å². The van der Waals surface area contributed by atoms with E-state index in [2.05, 4.69) is 10.1 Å². The lowest BCUT2D eigenvalue weighted by Crippen LogP contribution is -2.19. The summed E-state index contributed by atoms with van der Waals surface area (Å²) in [6.45, 7) is 0. The first-order valence-electron chi connectivity index (χ1n) is 6.30. The molecule has 0 aromatic heterocycles. The first-order valence-corrected chi connectivity index (χ1v) is 6.74. The van der Waals surface area contributed by atoms with Gasteiger partial charge in [0.1, 0.15) is 5.38 Å². The smallest absolute Gasteiger partial charge is 0.339 e. The van der Waals surface area contributed by atoms with E-state index in [4.69, 9.17) is 11.6 Å². The van der Waals surface area contributed by atoms with Crippen LogP contribution in [0.25, 0.3) is 0 Å². The number of benzene rings is 2. The lowest BCUT2D eigenvalue weighted by Gasteiger charge is -2.13. The van der Waals surface area contributed by atoms with Gasteiger partial charge >= 0.3 is 5.97 Å². The number of rotatable bonds is 4. The second-order valence-electron chi connectivity index (χ2n) is 4.30. The Morgan fingerprint density at radius 2 is 1.67 bits per heavy atom. The summed E-state index contributed by atoms with van der Waals surface area (Å²) in [7, 11) is 1.29. The predicted octanol–water partition coefficient (Wildman–Crippen LogP) is 3.39. The van der Waals surface area contributed by atoms with Gasteiger partial charge in [0, 0.05) is 0 Å². The molecular formula is C16H14ClNO3. The van der Waals surface area contributed by atoms with E-state index in [1.807, 2.05) is 6.07 Å². The van der Waals surface area contributed by atoms with Crippen molar-refractivity contribution in [1.29, 1.82) is 0 Å². The maximum absolute atomic E-state index is 12.2. The van der Waals surface area contributed by atoms with Crippen molar-refractivity contribution in [1.82, 2.24) is 0 Å². The van der Waals surface area contributed by atoms with Gasteiger partial charge in [-0.05, 0) is 17.7 Å². The number of nitrogens with one attached hydrogen (secondary N) is 1. The Labute approximate surface area is 127 Å². The van der Waals surface area contributed by atoms with Crippen LogP contribution in [0.15, 0.2) is 54.6 Å². The van der Waals surface area contributed by atoms with E-state index in [9.17, 15) is 9.59 Å². The van der Waals surface area contributed by atoms with Gasteiger partial charge in [0.05, 0.1) is 18.4 Å². The standard InChI is InChI=1S/C16H14ClNO3/c1-21-16(20)12-9-5-6-10-13(12)18-15(19)14(17)11-7-3-2-4-8-11/h2-10,14H,1H3,(H,18,19)/t14-/m1/s1. The number of halogens is 1. The highest BCUT2D eigenvalue weighted by atomic mass is 35.5. The van der Waals surface area contributed by atoms with Crippen molar-refractivity contribution in [2.75, 3.05) is 12.4 Å². The third kappa shape index (κ3) is 3.61. The maximum atomic E-state index is 12.2. The molecule has 0 fully saturated rings. The van der Waals surface area contributed by atoms with Gasteiger partial charge in [0.2, 0.25) is 5.91 Å². The molecule has 0 saturated heterocycles. The number of amides is 1. The molecule has 108 valence electrons. The molecule has 4 nitrogen and oxygen atoms in total. The van der Waals surface area contributed by atoms with Gasteiger partial charge in [-0.25, -0.2) is 4.79 Å². The first-order chi connectivity index (χ1) is 10.1. The average Bonchev–Trinajstić information content (AvgIpc) is 2.54. The quantitative estimate of drug-likeness (QED) is 0.696. The van der Waals surface area contributed by atoms with Crippen LogP contribution in [0.2, 0.25) is 0 Å². The molecule has 1 N–H and O–H groups in total. The van der Waals surface area contributed by atoms with E-state index in [1.54, 1.807) is 48.5 Å². The lowest BCUT2D eigenvalue weighted by molar-refractivity contribution is -0.116. The van der Waals surface area contributed by atoms with Crippen LogP contribution in [0.4, 0.5) is 5.69 Å². The number of esters is 1. The summed E-state index contributed by atoms with van der Waals surface area (Å²) in [5.41, 5.74) is 1.34. The average molecular weight is 304 g/mol. The van der Waals surface area contributed by atoms with E-state index < -0.39 is 17.3 Å². The lowest BCUT2D eigenvalue weighted by atomic mass is 10.1. The largest absolute Gasteiger partial charge is 0.465 e. The minimum atomic E-state index is -0.836. The molecule has 0 aliphatic carbocycles. The van der Waals surface area contributed by atoms with Crippen LogP contribution in [0.5, 0.6) is 0 Å². The summed E-state index contributed by atoms with van der Waals surface area (Å²) in [5, 5.41) is 1.82. The number of anilines is 1. The van der Waals surface area contributed by atoms with Crippen molar-refractivity contribution in [2.24, 2.45) is 0 Å². The van der Waals surface area contributed by atoms with Gasteiger partial charge < -0.3 is 10.1 Å². The maximum Gasteiger partial charge on any atom is 0.339 e. The van der Waals surface area contributed by atoms with Crippen molar-refractivity contribution in [3.05, 3.63) is 65.7 Å². The molecule has 1 atom stereocenters. The summed E-state index contributed by atoms with van der Waals surface area (Å²) < 4.78 is 4.68. The fourth-order valence-corrected chi connectivity index (χ4v) is 2.05. The highest BCUT2D eigenvalue weighted by Crippen LogP contribution is 2.23. The Balaban J connectivity index is 2.19. The molecule has 2 rings (SSSR count). The Hall–Kier alpha value is -2.33. The molecular weight excluding hydrogens is 290 g/mol. The number of methoxy groups -OCH3 is 1. The number of hydrogen-bond donors (Lipinski definition) is 1. The van der Waals surface area contributed by atoms with Gasteiger partial charge in [-0.2, -0.15) is 0 Å². The normalized spacial score (nSPS) is 11.5. The third-order valence-corrected chi connectivity index (χ3v) is 3.36. The van der Waals surface area contributed by atoms with E-state index in [0.29, 0.717) is 11.3 Å². The molecule has 21 heavy (non-hydrogen) atoms. The van der Waals surface area contributed by atoms with E-state index in [-0.39, 0.29) is 5.56 Å². The summed E-state index contributed by atoms with van der Waals surface area (Å²) in [5.74, 6) is -0.920. The Morgan fingerprint density at radius 3 is 2.33 bits per heavy atom. The first kappa shape index (κ1) is 15.1. The monoisotopic (exact) mass is 303 g/mol. The second-order valence-corrected chi connectivity index (χ2v) is 4.74. The van der Waals surface area contributed by atoms with Crippen LogP contribution in [0, 0.1) is 0 Å². The highest BCUT2D eigenvalue weighted by Gasteiger charge is 2.20. The summed E-state index contributed by atoms with van der Waals surface area (Å²) in [4.78, 5) is 23.8. The number of ether oxygens (including phenoxy) is 1. The van der Waals surface area contributed by atoms with Crippen molar-refractivity contribution in [2.45, 2.75) is 5.38 Å². The minimum absolute atomic E-state index is 0.283. The summed E-state index contributed by atoms with van der Waals surface area (Å²) in [6, 6.07) is 15.6. The molecule has 1 amide bonds. The highest BCUT2D eigenvalue weighted by molar-refractivity contribution is 6.32. The number of carbonyl (C=O) groups excluding carboxylic acids is 2. The van der Waals surface area contributed by atoms with Crippen LogP contribution < -0.4 is 5.32 Å². The fourth-order valence-electron chi connectivity index (χ4n) is 1.85. The van der Waals surface area contributed by atoms with Crippen LogP contribution in [0.1, 0.15) is 21.3 Å². The fraction of sp³-hybridized carbons (Fsp3) is 0.125. The molecule has 2 aromatic carbocycles. The second kappa shape index (κ2) is 6.90. The zero-order valence-electron chi connectivity index (χ0n) is 11.4. The van der Waals surface area contributed by atoms with Crippen molar-refractivity contribution in [3.63, 3.8) is 0 Å². The van der Waals surface area contributed by atoms with Gasteiger partial charge in [0.25, 0.3) is 0 Å². The molecule has 0 aliphatic rings. The zero-order valence-corrected chi connectivity index (χ0v) is 12.1. The van der Waals surface area contributed by atoms with Crippen LogP contribution in [0.3, 0.4) is 0 Å². The van der Waals surface area contributed by atoms with Gasteiger partial charge in [-0.3, -0.25) is 4.79 Å².